The van der Waals surface area contributed by atoms with Crippen LogP contribution in [0.2, 0.25) is 0 Å². The number of aromatic nitrogens is 3. The lowest BCUT2D eigenvalue weighted by atomic mass is 10.3. The predicted molar refractivity (Wildman–Crippen MR) is 34.3 cm³/mol. The van der Waals surface area contributed by atoms with Crippen LogP contribution in [-0.4, -0.2) is 15.4 Å². The molecular weight excluding hydrogens is 130 g/mol. The van der Waals surface area contributed by atoms with Gasteiger partial charge in [0, 0.05) is 11.5 Å². The van der Waals surface area contributed by atoms with E-state index in [0.717, 1.165) is 5.56 Å². The summed E-state index contributed by atoms with van der Waals surface area (Å²) in [6.45, 7) is 1.94. The maximum absolute atomic E-state index is 4.78. The largest absolute Gasteiger partial charge is 0.335 e. The molecule has 0 spiro atoms. The van der Waals surface area contributed by atoms with Crippen LogP contribution >= 0.6 is 0 Å². The molecule has 2 rings (SSSR count). The van der Waals surface area contributed by atoms with Gasteiger partial charge < -0.3 is 4.52 Å². The molecule has 0 bridgehead atoms. The van der Waals surface area contributed by atoms with Gasteiger partial charge in [0.05, 0.1) is 0 Å². The van der Waals surface area contributed by atoms with Crippen molar-refractivity contribution in [2.24, 2.45) is 0 Å². The normalized spacial score (nSPS) is 10.5. The molecule has 0 aliphatic rings. The Morgan fingerprint density at radius 2 is 2.40 bits per heavy atom. The Morgan fingerprint density at radius 1 is 1.50 bits per heavy atom. The van der Waals surface area contributed by atoms with Gasteiger partial charge >= 0.3 is 0 Å². The van der Waals surface area contributed by atoms with Crippen LogP contribution < -0.4 is 0 Å². The van der Waals surface area contributed by atoms with E-state index in [0.29, 0.717) is 11.2 Å². The zero-order valence-electron chi connectivity index (χ0n) is 5.40. The number of fused-ring (bicyclic) bond motifs is 1. The van der Waals surface area contributed by atoms with E-state index < -0.39 is 0 Å². The quantitative estimate of drug-likeness (QED) is 0.539. The summed E-state index contributed by atoms with van der Waals surface area (Å²) in [6.07, 6.45) is 1.73. The lowest BCUT2D eigenvalue weighted by molar-refractivity contribution is 0.424. The van der Waals surface area contributed by atoms with E-state index in [1.807, 2.05) is 13.0 Å². The van der Waals surface area contributed by atoms with Crippen LogP contribution in [0.4, 0.5) is 0 Å². The van der Waals surface area contributed by atoms with Gasteiger partial charge in [-0.2, -0.15) is 0 Å². The molecule has 0 saturated carbocycles. The molecule has 0 N–H and O–H groups in total. The van der Waals surface area contributed by atoms with E-state index in [-0.39, 0.29) is 0 Å². The molecule has 10 heavy (non-hydrogen) atoms. The van der Waals surface area contributed by atoms with Crippen molar-refractivity contribution in [3.8, 4) is 0 Å². The summed E-state index contributed by atoms with van der Waals surface area (Å²) < 4.78 is 4.78. The Bertz CT molecular complexity index is 355. The number of hydrogen-bond acceptors (Lipinski definition) is 4. The number of nitrogens with zero attached hydrogens (tertiary/aromatic N) is 3. The highest BCUT2D eigenvalue weighted by atomic mass is 16.5. The van der Waals surface area contributed by atoms with Crippen LogP contribution in [0.15, 0.2) is 16.8 Å². The smallest absolute Gasteiger partial charge is 0.223 e. The molecule has 50 valence electrons. The third kappa shape index (κ3) is 0.655. The van der Waals surface area contributed by atoms with Crippen LogP contribution in [-0.2, 0) is 0 Å². The molecule has 0 aliphatic carbocycles. The van der Waals surface area contributed by atoms with E-state index in [2.05, 4.69) is 15.4 Å². The van der Waals surface area contributed by atoms with Gasteiger partial charge in [-0.1, -0.05) is 5.10 Å². The first-order chi connectivity index (χ1) is 4.86. The summed E-state index contributed by atoms with van der Waals surface area (Å²) in [5, 5.41) is 6.99. The Labute approximate surface area is 56.9 Å². The highest BCUT2D eigenvalue weighted by Crippen LogP contribution is 2.07. The Morgan fingerprint density at radius 3 is 3.30 bits per heavy atom. The van der Waals surface area contributed by atoms with Gasteiger partial charge in [-0.25, -0.2) is 4.98 Å². The second kappa shape index (κ2) is 1.76. The fraction of sp³-hybridized carbons (Fsp3) is 0.167. The van der Waals surface area contributed by atoms with E-state index in [1.165, 1.54) is 0 Å². The molecule has 2 aromatic heterocycles. The maximum Gasteiger partial charge on any atom is 0.223 e. The van der Waals surface area contributed by atoms with Crippen molar-refractivity contribution in [2.75, 3.05) is 0 Å². The zero-order valence-corrected chi connectivity index (χ0v) is 5.40. The third-order valence-electron chi connectivity index (χ3n) is 1.24. The van der Waals surface area contributed by atoms with Gasteiger partial charge in [-0.05, 0) is 18.6 Å². The monoisotopic (exact) mass is 135 g/mol. The molecule has 0 radical (unpaired) electrons. The second-order valence-electron chi connectivity index (χ2n) is 2.11. The minimum atomic E-state index is 0.561. The van der Waals surface area contributed by atoms with E-state index >= 15 is 0 Å². The van der Waals surface area contributed by atoms with E-state index in [9.17, 15) is 0 Å². The highest BCUT2D eigenvalue weighted by Gasteiger charge is 1.98. The van der Waals surface area contributed by atoms with Crippen LogP contribution in [0.5, 0.6) is 0 Å². The van der Waals surface area contributed by atoms with Gasteiger partial charge in [-0.3, -0.25) is 0 Å². The first-order valence-corrected chi connectivity index (χ1v) is 2.91. The van der Waals surface area contributed by atoms with Crippen LogP contribution in [0.1, 0.15) is 5.56 Å². The van der Waals surface area contributed by atoms with E-state index in [1.54, 1.807) is 6.20 Å². The molecule has 0 atom stereocenters. The van der Waals surface area contributed by atoms with Crippen LogP contribution in [0, 0.1) is 6.92 Å². The average Bonchev–Trinajstić information content (AvgIpc) is 2.33. The highest BCUT2D eigenvalue weighted by molar-refractivity contribution is 5.66. The predicted octanol–water partition coefficient (Wildman–Crippen LogP) is 0.926. The number of pyridine rings is 1. The minimum absolute atomic E-state index is 0.561. The van der Waals surface area contributed by atoms with Crippen molar-refractivity contribution in [3.63, 3.8) is 0 Å². The lowest BCUT2D eigenvalue weighted by Gasteiger charge is -1.85. The average molecular weight is 135 g/mol. The Balaban J connectivity index is 2.86. The van der Waals surface area contributed by atoms with Crippen molar-refractivity contribution >= 4 is 11.2 Å². The van der Waals surface area contributed by atoms with Crippen molar-refractivity contribution < 1.29 is 4.52 Å². The molecule has 4 nitrogen and oxygen atoms in total. The van der Waals surface area contributed by atoms with Gasteiger partial charge in [0.25, 0.3) is 0 Å². The standard InChI is InChI=1S/C6H5N3O/c1-4-2-5-6(7-3-4)8-9-10-5/h2-3H,1H3. The molecule has 0 amide bonds. The molecule has 0 unspecified atom stereocenters. The molecule has 0 aliphatic heterocycles. The SMILES string of the molecule is Cc1cnc2nnoc2c1. The Kier molecular flexibility index (Phi) is 0.943. The molecule has 0 fully saturated rings. The minimum Gasteiger partial charge on any atom is -0.335 e. The first-order valence-electron chi connectivity index (χ1n) is 2.91. The van der Waals surface area contributed by atoms with Gasteiger partial charge in [0.2, 0.25) is 11.2 Å². The second-order valence-corrected chi connectivity index (χ2v) is 2.11. The number of hydrogen-bond donors (Lipinski definition) is 0. The number of rotatable bonds is 0. The fourth-order valence-electron chi connectivity index (χ4n) is 0.781. The molecule has 0 aromatic carbocycles. The van der Waals surface area contributed by atoms with E-state index in [4.69, 9.17) is 4.52 Å². The fourth-order valence-corrected chi connectivity index (χ4v) is 0.781. The number of aryl methyl sites for hydroxylation is 1. The molecule has 2 aromatic rings. The van der Waals surface area contributed by atoms with Crippen LogP contribution in [0.3, 0.4) is 0 Å². The summed E-state index contributed by atoms with van der Waals surface area (Å²) in [7, 11) is 0. The van der Waals surface area contributed by atoms with Gasteiger partial charge in [0.15, 0.2) is 0 Å². The summed E-state index contributed by atoms with van der Waals surface area (Å²) in [5.74, 6) is 0. The summed E-state index contributed by atoms with van der Waals surface area (Å²) >= 11 is 0. The Hall–Kier alpha value is -1.45. The van der Waals surface area contributed by atoms with Crippen molar-refractivity contribution in [1.82, 2.24) is 15.4 Å². The topological polar surface area (TPSA) is 51.8 Å². The lowest BCUT2D eigenvalue weighted by Crippen LogP contribution is -1.77. The first kappa shape index (κ1) is 5.34. The summed E-state index contributed by atoms with van der Waals surface area (Å²) in [6, 6.07) is 1.85. The molecular formula is C6H5N3O. The van der Waals surface area contributed by atoms with Crippen molar-refractivity contribution in [1.29, 1.82) is 0 Å². The van der Waals surface area contributed by atoms with Crippen molar-refractivity contribution in [3.05, 3.63) is 17.8 Å². The molecule has 4 heteroatoms. The zero-order chi connectivity index (χ0) is 6.97. The van der Waals surface area contributed by atoms with Crippen molar-refractivity contribution in [2.45, 2.75) is 6.92 Å². The maximum atomic E-state index is 4.78. The molecule has 2 heterocycles. The summed E-state index contributed by atoms with van der Waals surface area (Å²) in [5.41, 5.74) is 2.25. The summed E-state index contributed by atoms with van der Waals surface area (Å²) in [4.78, 5) is 3.97. The molecule has 0 saturated heterocycles. The van der Waals surface area contributed by atoms with Gasteiger partial charge in [0.1, 0.15) is 0 Å². The third-order valence-corrected chi connectivity index (χ3v) is 1.24. The van der Waals surface area contributed by atoms with Gasteiger partial charge in [-0.15, -0.1) is 0 Å². The van der Waals surface area contributed by atoms with Crippen LogP contribution in [0.25, 0.3) is 11.2 Å².